The first-order valence-corrected chi connectivity index (χ1v) is 7.45. The Kier molecular flexibility index (Phi) is 5.42. The number of hydrogen-bond acceptors (Lipinski definition) is 2. The van der Waals surface area contributed by atoms with Crippen molar-refractivity contribution in [1.82, 2.24) is 5.32 Å². The second kappa shape index (κ2) is 7.50. The fourth-order valence-corrected chi connectivity index (χ4v) is 2.23. The summed E-state index contributed by atoms with van der Waals surface area (Å²) in [6.07, 6.45) is 1.69. The Morgan fingerprint density at radius 1 is 1.18 bits per heavy atom. The average molecular weight is 298 g/mol. The second-order valence-electron chi connectivity index (χ2n) is 5.57. The van der Waals surface area contributed by atoms with Crippen molar-refractivity contribution in [2.75, 3.05) is 5.32 Å². The van der Waals surface area contributed by atoms with Crippen LogP contribution in [0.4, 0.5) is 10.5 Å². The van der Waals surface area contributed by atoms with Crippen LogP contribution in [0.5, 0.6) is 5.75 Å². The highest BCUT2D eigenvalue weighted by atomic mass is 16.3. The van der Waals surface area contributed by atoms with E-state index in [1.165, 1.54) is 0 Å². The maximum atomic E-state index is 11.9. The quantitative estimate of drug-likeness (QED) is 0.785. The fourth-order valence-electron chi connectivity index (χ4n) is 2.23. The van der Waals surface area contributed by atoms with Gasteiger partial charge in [0.25, 0.3) is 0 Å². The van der Waals surface area contributed by atoms with E-state index in [-0.39, 0.29) is 17.8 Å². The molecule has 1 atom stereocenters. The molecule has 0 unspecified atom stereocenters. The summed E-state index contributed by atoms with van der Waals surface area (Å²) in [4.78, 5) is 11.9. The molecule has 2 aromatic rings. The molecule has 0 bridgehead atoms. The molecule has 0 aliphatic carbocycles. The predicted octanol–water partition coefficient (Wildman–Crippen LogP) is 3.84. The van der Waals surface area contributed by atoms with Gasteiger partial charge in [-0.05, 0) is 62.1 Å². The summed E-state index contributed by atoms with van der Waals surface area (Å²) in [5.41, 5.74) is 3.05. The average Bonchev–Trinajstić information content (AvgIpc) is 2.46. The van der Waals surface area contributed by atoms with Crippen molar-refractivity contribution in [3.8, 4) is 5.75 Å². The number of carbonyl (C=O) groups excluding carboxylic acids is 1. The summed E-state index contributed by atoms with van der Waals surface area (Å²) in [5, 5.41) is 15.0. The Morgan fingerprint density at radius 2 is 1.91 bits per heavy atom. The minimum Gasteiger partial charge on any atom is -0.508 e. The zero-order chi connectivity index (χ0) is 15.9. The van der Waals surface area contributed by atoms with Crippen LogP contribution in [-0.2, 0) is 6.42 Å². The van der Waals surface area contributed by atoms with Gasteiger partial charge >= 0.3 is 6.03 Å². The van der Waals surface area contributed by atoms with E-state index in [0.29, 0.717) is 0 Å². The first-order chi connectivity index (χ1) is 10.5. The van der Waals surface area contributed by atoms with Crippen LogP contribution in [0.1, 0.15) is 24.5 Å². The van der Waals surface area contributed by atoms with Gasteiger partial charge in [-0.1, -0.05) is 24.3 Å². The van der Waals surface area contributed by atoms with Crippen molar-refractivity contribution in [1.29, 1.82) is 0 Å². The van der Waals surface area contributed by atoms with Gasteiger partial charge in [0.2, 0.25) is 0 Å². The monoisotopic (exact) mass is 298 g/mol. The molecule has 0 fully saturated rings. The molecule has 0 heterocycles. The normalized spacial score (nSPS) is 11.7. The first kappa shape index (κ1) is 15.9. The van der Waals surface area contributed by atoms with E-state index in [2.05, 4.69) is 10.6 Å². The van der Waals surface area contributed by atoms with Gasteiger partial charge in [0.15, 0.2) is 0 Å². The highest BCUT2D eigenvalue weighted by Crippen LogP contribution is 2.12. The summed E-state index contributed by atoms with van der Waals surface area (Å²) < 4.78 is 0. The molecule has 22 heavy (non-hydrogen) atoms. The number of rotatable bonds is 5. The summed E-state index contributed by atoms with van der Waals surface area (Å²) in [7, 11) is 0. The van der Waals surface area contributed by atoms with Gasteiger partial charge in [0, 0.05) is 11.7 Å². The third-order valence-corrected chi connectivity index (χ3v) is 3.46. The van der Waals surface area contributed by atoms with Gasteiger partial charge in [-0.15, -0.1) is 0 Å². The topological polar surface area (TPSA) is 61.4 Å². The molecule has 2 rings (SSSR count). The zero-order valence-electron chi connectivity index (χ0n) is 13.0. The third-order valence-electron chi connectivity index (χ3n) is 3.46. The van der Waals surface area contributed by atoms with Crippen LogP contribution < -0.4 is 10.6 Å². The van der Waals surface area contributed by atoms with Gasteiger partial charge in [-0.25, -0.2) is 4.79 Å². The Balaban J connectivity index is 1.77. The molecule has 4 heteroatoms. The molecule has 0 aromatic heterocycles. The Bertz CT molecular complexity index is 623. The van der Waals surface area contributed by atoms with Crippen LogP contribution >= 0.6 is 0 Å². The highest BCUT2D eigenvalue weighted by molar-refractivity contribution is 5.89. The Morgan fingerprint density at radius 3 is 2.59 bits per heavy atom. The lowest BCUT2D eigenvalue weighted by Crippen LogP contribution is -2.36. The number of phenolic OH excluding ortho intramolecular Hbond substituents is 1. The van der Waals surface area contributed by atoms with Gasteiger partial charge in [-0.3, -0.25) is 0 Å². The van der Waals surface area contributed by atoms with Gasteiger partial charge in [-0.2, -0.15) is 0 Å². The molecule has 0 saturated carbocycles. The van der Waals surface area contributed by atoms with Gasteiger partial charge < -0.3 is 15.7 Å². The number of carbonyl (C=O) groups is 1. The summed E-state index contributed by atoms with van der Waals surface area (Å²) >= 11 is 0. The molecule has 2 amide bonds. The lowest BCUT2D eigenvalue weighted by molar-refractivity contribution is 0.248. The largest absolute Gasteiger partial charge is 0.508 e. The number of urea groups is 1. The highest BCUT2D eigenvalue weighted by Gasteiger charge is 2.08. The minimum atomic E-state index is -0.191. The predicted molar refractivity (Wildman–Crippen MR) is 89.2 cm³/mol. The number of hydrogen-bond donors (Lipinski definition) is 3. The van der Waals surface area contributed by atoms with Crippen molar-refractivity contribution < 1.29 is 9.90 Å². The van der Waals surface area contributed by atoms with Gasteiger partial charge in [0.1, 0.15) is 5.75 Å². The van der Waals surface area contributed by atoms with E-state index in [1.54, 1.807) is 12.1 Å². The molecule has 0 radical (unpaired) electrons. The first-order valence-electron chi connectivity index (χ1n) is 7.45. The molecule has 0 aliphatic rings. The Labute approximate surface area is 131 Å². The van der Waals surface area contributed by atoms with E-state index < -0.39 is 0 Å². The van der Waals surface area contributed by atoms with Crippen molar-refractivity contribution >= 4 is 11.7 Å². The molecule has 3 N–H and O–H groups in total. The number of benzene rings is 2. The standard InChI is InChI=1S/C18H22N2O2/c1-13-4-3-5-16(12-13)20-18(22)19-14(2)6-7-15-8-10-17(21)11-9-15/h3-5,8-12,14,21H,6-7H2,1-2H3,(H2,19,20,22)/t14-/m1/s1. The number of aromatic hydroxyl groups is 1. The third kappa shape index (κ3) is 5.13. The molecule has 4 nitrogen and oxygen atoms in total. The van der Waals surface area contributed by atoms with Crippen molar-refractivity contribution in [3.63, 3.8) is 0 Å². The fraction of sp³-hybridized carbons (Fsp3) is 0.278. The molecule has 0 saturated heterocycles. The summed E-state index contributed by atoms with van der Waals surface area (Å²) in [6, 6.07) is 14.7. The van der Waals surface area contributed by atoms with Crippen LogP contribution in [0.2, 0.25) is 0 Å². The van der Waals surface area contributed by atoms with Crippen molar-refractivity contribution in [3.05, 3.63) is 59.7 Å². The van der Waals surface area contributed by atoms with E-state index in [9.17, 15) is 9.90 Å². The molecule has 0 spiro atoms. The molecular weight excluding hydrogens is 276 g/mol. The number of anilines is 1. The van der Waals surface area contributed by atoms with E-state index in [4.69, 9.17) is 0 Å². The van der Waals surface area contributed by atoms with Crippen molar-refractivity contribution in [2.45, 2.75) is 32.7 Å². The van der Waals surface area contributed by atoms with Crippen LogP contribution in [0, 0.1) is 6.92 Å². The van der Waals surface area contributed by atoms with E-state index in [0.717, 1.165) is 29.7 Å². The van der Waals surface area contributed by atoms with Crippen molar-refractivity contribution in [2.24, 2.45) is 0 Å². The molecule has 116 valence electrons. The minimum absolute atomic E-state index is 0.0682. The summed E-state index contributed by atoms with van der Waals surface area (Å²) in [6.45, 7) is 3.97. The number of aryl methyl sites for hydroxylation is 2. The molecule has 2 aromatic carbocycles. The van der Waals surface area contributed by atoms with Crippen LogP contribution in [-0.4, -0.2) is 17.2 Å². The lowest BCUT2D eigenvalue weighted by Gasteiger charge is -2.15. The number of amides is 2. The van der Waals surface area contributed by atoms with Crippen LogP contribution in [0.25, 0.3) is 0 Å². The molecular formula is C18H22N2O2. The van der Waals surface area contributed by atoms with Crippen LogP contribution in [0.15, 0.2) is 48.5 Å². The number of phenols is 1. The lowest BCUT2D eigenvalue weighted by atomic mass is 10.1. The second-order valence-corrected chi connectivity index (χ2v) is 5.57. The van der Waals surface area contributed by atoms with Crippen LogP contribution in [0.3, 0.4) is 0 Å². The Hall–Kier alpha value is -2.49. The maximum absolute atomic E-state index is 11.9. The van der Waals surface area contributed by atoms with E-state index in [1.807, 2.05) is 50.2 Å². The van der Waals surface area contributed by atoms with Gasteiger partial charge in [0.05, 0.1) is 0 Å². The smallest absolute Gasteiger partial charge is 0.319 e. The van der Waals surface area contributed by atoms with E-state index >= 15 is 0 Å². The SMILES string of the molecule is Cc1cccc(NC(=O)N[C@H](C)CCc2ccc(O)cc2)c1. The number of nitrogens with one attached hydrogen (secondary N) is 2. The zero-order valence-corrected chi connectivity index (χ0v) is 13.0. The molecule has 0 aliphatic heterocycles. The maximum Gasteiger partial charge on any atom is 0.319 e. The summed E-state index contributed by atoms with van der Waals surface area (Å²) in [5.74, 6) is 0.271.